The Hall–Kier alpha value is -2.71. The predicted molar refractivity (Wildman–Crippen MR) is 110 cm³/mol. The number of hydrogen-bond donors (Lipinski definition) is 1. The maximum absolute atomic E-state index is 12.9. The van der Waals surface area contributed by atoms with E-state index < -0.39 is 12.5 Å². The monoisotopic (exact) mass is 438 g/mol. The molecule has 1 aliphatic rings. The van der Waals surface area contributed by atoms with Gasteiger partial charge in [0.05, 0.1) is 13.2 Å². The Labute approximate surface area is 176 Å². The fourth-order valence-electron chi connectivity index (χ4n) is 2.80. The maximum atomic E-state index is 12.9. The second kappa shape index (κ2) is 9.19. The van der Waals surface area contributed by atoms with Crippen molar-refractivity contribution in [1.29, 1.82) is 0 Å². The standard InChI is InChI=1S/C20H17ClF2N2O3S/c1-2-27-16-9-5-7-12(17(16)28-19(22)23)10-15-18(26)25(20(29)24-15)11-13-6-3-4-8-14(13)21/h3-10,19H,2,11H2,1H3,(H,24,29)/b15-10-. The molecule has 0 atom stereocenters. The lowest BCUT2D eigenvalue weighted by Gasteiger charge is -2.15. The Balaban J connectivity index is 1.91. The zero-order valence-electron chi connectivity index (χ0n) is 15.3. The molecule has 0 aliphatic carbocycles. The molecule has 1 fully saturated rings. The van der Waals surface area contributed by atoms with E-state index in [-0.39, 0.29) is 41.0 Å². The Morgan fingerprint density at radius 3 is 2.69 bits per heavy atom. The average Bonchev–Trinajstić information content (AvgIpc) is 2.93. The van der Waals surface area contributed by atoms with E-state index in [9.17, 15) is 13.6 Å². The van der Waals surface area contributed by atoms with Gasteiger partial charge in [0.15, 0.2) is 16.6 Å². The van der Waals surface area contributed by atoms with E-state index in [1.807, 2.05) is 6.07 Å². The lowest BCUT2D eigenvalue weighted by Crippen LogP contribution is -2.30. The molecule has 2 aromatic carbocycles. The molecular formula is C20H17ClF2N2O3S. The predicted octanol–water partition coefficient (Wildman–Crippen LogP) is 4.60. The van der Waals surface area contributed by atoms with Crippen molar-refractivity contribution in [3.63, 3.8) is 0 Å². The number of ether oxygens (including phenoxy) is 2. The molecule has 1 aliphatic heterocycles. The molecule has 9 heteroatoms. The van der Waals surface area contributed by atoms with E-state index in [1.165, 1.54) is 17.0 Å². The van der Waals surface area contributed by atoms with Crippen LogP contribution in [0.1, 0.15) is 18.1 Å². The van der Waals surface area contributed by atoms with Crippen molar-refractivity contribution < 1.29 is 23.0 Å². The van der Waals surface area contributed by atoms with E-state index >= 15 is 0 Å². The van der Waals surface area contributed by atoms with Crippen LogP contribution >= 0.6 is 23.8 Å². The van der Waals surface area contributed by atoms with Crippen molar-refractivity contribution in [2.45, 2.75) is 20.1 Å². The number of nitrogens with one attached hydrogen (secondary N) is 1. The summed E-state index contributed by atoms with van der Waals surface area (Å²) in [4.78, 5) is 14.2. The van der Waals surface area contributed by atoms with Crippen LogP contribution in [-0.4, -0.2) is 29.1 Å². The van der Waals surface area contributed by atoms with Crippen molar-refractivity contribution in [3.8, 4) is 11.5 Å². The number of thiocarbonyl (C=S) groups is 1. The molecule has 1 amide bonds. The van der Waals surface area contributed by atoms with Crippen LogP contribution in [-0.2, 0) is 11.3 Å². The Morgan fingerprint density at radius 1 is 1.24 bits per heavy atom. The smallest absolute Gasteiger partial charge is 0.387 e. The first-order chi connectivity index (χ1) is 13.9. The summed E-state index contributed by atoms with van der Waals surface area (Å²) in [6.07, 6.45) is 1.40. The highest BCUT2D eigenvalue weighted by Crippen LogP contribution is 2.34. The van der Waals surface area contributed by atoms with E-state index in [1.54, 1.807) is 37.3 Å². The maximum Gasteiger partial charge on any atom is 0.387 e. The van der Waals surface area contributed by atoms with Crippen LogP contribution < -0.4 is 14.8 Å². The van der Waals surface area contributed by atoms with Crippen LogP contribution in [0, 0.1) is 0 Å². The van der Waals surface area contributed by atoms with Gasteiger partial charge in [-0.2, -0.15) is 8.78 Å². The highest BCUT2D eigenvalue weighted by atomic mass is 35.5. The number of carbonyl (C=O) groups excluding carboxylic acids is 1. The number of alkyl halides is 2. The fourth-order valence-corrected chi connectivity index (χ4v) is 3.25. The third kappa shape index (κ3) is 4.83. The summed E-state index contributed by atoms with van der Waals surface area (Å²) in [7, 11) is 0. The number of nitrogens with zero attached hydrogens (tertiary/aromatic N) is 1. The van der Waals surface area contributed by atoms with Gasteiger partial charge >= 0.3 is 6.61 Å². The number of halogens is 3. The van der Waals surface area contributed by atoms with E-state index in [0.717, 1.165) is 5.56 Å². The highest BCUT2D eigenvalue weighted by Gasteiger charge is 2.31. The normalized spacial score (nSPS) is 15.2. The van der Waals surface area contributed by atoms with Gasteiger partial charge in [-0.15, -0.1) is 0 Å². The van der Waals surface area contributed by atoms with Gasteiger partial charge in [0, 0.05) is 10.6 Å². The van der Waals surface area contributed by atoms with E-state index in [0.29, 0.717) is 5.02 Å². The van der Waals surface area contributed by atoms with Gasteiger partial charge in [0.2, 0.25) is 0 Å². The minimum Gasteiger partial charge on any atom is -0.490 e. The van der Waals surface area contributed by atoms with Crippen LogP contribution in [0.4, 0.5) is 8.78 Å². The molecule has 0 aromatic heterocycles. The number of para-hydroxylation sites is 1. The van der Waals surface area contributed by atoms with Crippen LogP contribution in [0.15, 0.2) is 48.2 Å². The number of amides is 1. The van der Waals surface area contributed by atoms with Crippen LogP contribution in [0.5, 0.6) is 11.5 Å². The first-order valence-corrected chi connectivity index (χ1v) is 9.48. The quantitative estimate of drug-likeness (QED) is 0.506. The third-order valence-electron chi connectivity index (χ3n) is 4.06. The molecule has 0 radical (unpaired) electrons. The molecule has 29 heavy (non-hydrogen) atoms. The SMILES string of the molecule is CCOc1cccc(/C=C2\NC(=S)N(Cc3ccccc3Cl)C2=O)c1OC(F)F. The Kier molecular flexibility index (Phi) is 6.66. The van der Waals surface area contributed by atoms with E-state index in [4.69, 9.17) is 28.6 Å². The summed E-state index contributed by atoms with van der Waals surface area (Å²) in [6, 6.07) is 11.8. The topological polar surface area (TPSA) is 50.8 Å². The second-order valence-electron chi connectivity index (χ2n) is 5.96. The Morgan fingerprint density at radius 2 is 2.00 bits per heavy atom. The summed E-state index contributed by atoms with van der Waals surface area (Å²) in [5, 5.41) is 3.52. The summed E-state index contributed by atoms with van der Waals surface area (Å²) >= 11 is 11.4. The largest absolute Gasteiger partial charge is 0.490 e. The zero-order valence-corrected chi connectivity index (χ0v) is 16.9. The van der Waals surface area contributed by atoms with Crippen LogP contribution in [0.25, 0.3) is 6.08 Å². The summed E-state index contributed by atoms with van der Waals surface area (Å²) in [6.45, 7) is -0.864. The number of rotatable bonds is 7. The Bertz CT molecular complexity index is 968. The molecule has 2 aromatic rings. The van der Waals surface area contributed by atoms with Gasteiger partial charge in [0.1, 0.15) is 5.70 Å². The second-order valence-corrected chi connectivity index (χ2v) is 6.75. The van der Waals surface area contributed by atoms with Gasteiger partial charge in [-0.25, -0.2) is 0 Å². The number of hydrogen-bond acceptors (Lipinski definition) is 4. The molecule has 152 valence electrons. The van der Waals surface area contributed by atoms with Crippen molar-refractivity contribution >= 4 is 40.9 Å². The average molecular weight is 439 g/mol. The molecule has 1 N–H and O–H groups in total. The highest BCUT2D eigenvalue weighted by molar-refractivity contribution is 7.80. The lowest BCUT2D eigenvalue weighted by atomic mass is 10.1. The van der Waals surface area contributed by atoms with Crippen molar-refractivity contribution in [1.82, 2.24) is 10.2 Å². The fraction of sp³-hybridized carbons (Fsp3) is 0.200. The summed E-state index contributed by atoms with van der Waals surface area (Å²) in [5.41, 5.74) is 1.12. The van der Waals surface area contributed by atoms with Crippen molar-refractivity contribution in [2.75, 3.05) is 6.61 Å². The minimum absolute atomic E-state index is 0.134. The molecule has 0 unspecified atom stereocenters. The minimum atomic E-state index is -3.04. The van der Waals surface area contributed by atoms with Gasteiger partial charge in [-0.05, 0) is 42.9 Å². The van der Waals surface area contributed by atoms with Gasteiger partial charge in [0.25, 0.3) is 5.91 Å². The van der Waals surface area contributed by atoms with Gasteiger partial charge < -0.3 is 14.8 Å². The first kappa shape index (κ1) is 21.0. The first-order valence-electron chi connectivity index (χ1n) is 8.69. The molecule has 1 saturated heterocycles. The van der Waals surface area contributed by atoms with Crippen LogP contribution in [0.2, 0.25) is 5.02 Å². The molecule has 0 bridgehead atoms. The van der Waals surface area contributed by atoms with Crippen molar-refractivity contribution in [3.05, 3.63) is 64.3 Å². The van der Waals surface area contributed by atoms with Gasteiger partial charge in [-0.3, -0.25) is 9.69 Å². The molecule has 1 heterocycles. The third-order valence-corrected chi connectivity index (χ3v) is 4.76. The molecule has 3 rings (SSSR count). The van der Waals surface area contributed by atoms with Gasteiger partial charge in [-0.1, -0.05) is 41.9 Å². The number of benzene rings is 2. The summed E-state index contributed by atoms with van der Waals surface area (Å²) in [5.74, 6) is -0.398. The molecule has 0 spiro atoms. The van der Waals surface area contributed by atoms with E-state index in [2.05, 4.69) is 10.1 Å². The lowest BCUT2D eigenvalue weighted by molar-refractivity contribution is -0.122. The molecule has 5 nitrogen and oxygen atoms in total. The zero-order chi connectivity index (χ0) is 21.0. The van der Waals surface area contributed by atoms with Crippen molar-refractivity contribution in [2.24, 2.45) is 0 Å². The molecule has 0 saturated carbocycles. The van der Waals surface area contributed by atoms with Crippen LogP contribution in [0.3, 0.4) is 0 Å². The molecular weight excluding hydrogens is 422 g/mol. The summed E-state index contributed by atoms with van der Waals surface area (Å²) < 4.78 is 35.8. The number of carbonyl (C=O) groups is 1.